The number of aromatic nitrogens is 1. The average Bonchev–Trinajstić information content (AvgIpc) is 3.11. The van der Waals surface area contributed by atoms with Crippen LogP contribution in [0.2, 0.25) is 0 Å². The fourth-order valence-corrected chi connectivity index (χ4v) is 3.43. The summed E-state index contributed by atoms with van der Waals surface area (Å²) in [7, 11) is 0. The molecule has 0 fully saturated rings. The van der Waals surface area contributed by atoms with Gasteiger partial charge in [0.05, 0.1) is 10.5 Å². The van der Waals surface area contributed by atoms with Gasteiger partial charge < -0.3 is 10.4 Å². The number of nitrogens with one attached hydrogen (secondary N) is 1. The number of hydrogen-bond acceptors (Lipinski definition) is 4. The van der Waals surface area contributed by atoms with Crippen molar-refractivity contribution in [1.82, 2.24) is 10.3 Å². The van der Waals surface area contributed by atoms with Crippen molar-refractivity contribution in [2.75, 3.05) is 0 Å². The highest BCUT2D eigenvalue weighted by molar-refractivity contribution is 9.10. The molecule has 1 aliphatic heterocycles. The van der Waals surface area contributed by atoms with E-state index in [-0.39, 0.29) is 23.7 Å². The molecule has 2 unspecified atom stereocenters. The Morgan fingerprint density at radius 1 is 0.962 bits per heavy atom. The Bertz CT molecular complexity index is 961. The number of nitrogens with zero attached hydrogens (tertiary/aromatic N) is 2. The van der Waals surface area contributed by atoms with Crippen molar-refractivity contribution in [3.63, 3.8) is 0 Å². The first-order valence-corrected chi connectivity index (χ1v) is 8.90. The lowest BCUT2D eigenvalue weighted by Crippen LogP contribution is -2.25. The van der Waals surface area contributed by atoms with Gasteiger partial charge in [-0.3, -0.25) is 9.98 Å². The van der Waals surface area contributed by atoms with Crippen LogP contribution in [0.4, 0.5) is 4.39 Å². The second-order valence-electron chi connectivity index (χ2n) is 6.04. The van der Waals surface area contributed by atoms with E-state index in [1.807, 2.05) is 24.3 Å². The molecular weight excluding hydrogens is 397 g/mol. The number of halogens is 2. The zero-order chi connectivity index (χ0) is 18.1. The third-order valence-corrected chi connectivity index (χ3v) is 5.01. The lowest BCUT2D eigenvalue weighted by atomic mass is 9.95. The number of aliphatic imine (C=N–C) groups is 1. The van der Waals surface area contributed by atoms with Gasteiger partial charge in [-0.2, -0.15) is 0 Å². The van der Waals surface area contributed by atoms with Crippen molar-refractivity contribution in [2.45, 2.75) is 12.1 Å². The van der Waals surface area contributed by atoms with Gasteiger partial charge in [0.2, 0.25) is 0 Å². The van der Waals surface area contributed by atoms with Crippen LogP contribution in [0.1, 0.15) is 28.8 Å². The Balaban J connectivity index is 1.76. The number of aromatic hydroxyl groups is 1. The molecule has 0 radical (unpaired) electrons. The van der Waals surface area contributed by atoms with Gasteiger partial charge in [0.15, 0.2) is 0 Å². The van der Waals surface area contributed by atoms with E-state index in [9.17, 15) is 9.50 Å². The highest BCUT2D eigenvalue weighted by Gasteiger charge is 2.31. The summed E-state index contributed by atoms with van der Waals surface area (Å²) in [5.41, 5.74) is 2.83. The van der Waals surface area contributed by atoms with Gasteiger partial charge in [-0.05, 0) is 69.5 Å². The molecule has 2 heterocycles. The molecule has 26 heavy (non-hydrogen) atoms. The molecule has 0 spiro atoms. The molecule has 130 valence electrons. The smallest absolute Gasteiger partial charge is 0.129 e. The van der Waals surface area contributed by atoms with Crippen LogP contribution in [0, 0.1) is 5.82 Å². The zero-order valence-electron chi connectivity index (χ0n) is 13.6. The van der Waals surface area contributed by atoms with Gasteiger partial charge in [-0.1, -0.05) is 12.1 Å². The van der Waals surface area contributed by atoms with Crippen LogP contribution in [-0.4, -0.2) is 15.9 Å². The van der Waals surface area contributed by atoms with Gasteiger partial charge >= 0.3 is 0 Å². The Morgan fingerprint density at radius 2 is 1.69 bits per heavy atom. The van der Waals surface area contributed by atoms with E-state index in [1.54, 1.807) is 30.6 Å². The molecule has 0 saturated carbocycles. The summed E-state index contributed by atoms with van der Waals surface area (Å²) < 4.78 is 13.9. The second kappa shape index (κ2) is 6.88. The fraction of sp³-hybridized carbons (Fsp3) is 0.100. The van der Waals surface area contributed by atoms with Gasteiger partial charge in [0, 0.05) is 18.0 Å². The molecule has 2 atom stereocenters. The maximum atomic E-state index is 13.3. The summed E-state index contributed by atoms with van der Waals surface area (Å²) in [6.45, 7) is 0. The maximum absolute atomic E-state index is 13.3. The summed E-state index contributed by atoms with van der Waals surface area (Å²) >= 11 is 3.34. The monoisotopic (exact) mass is 411 g/mol. The Hall–Kier alpha value is -2.73. The van der Waals surface area contributed by atoms with Crippen molar-refractivity contribution >= 4 is 21.8 Å². The number of hydrogen-bond donors (Lipinski definition) is 2. The molecule has 2 aromatic carbocycles. The molecular formula is C20H15BrFN3O. The van der Waals surface area contributed by atoms with Crippen LogP contribution in [0.3, 0.4) is 0 Å². The average molecular weight is 412 g/mol. The summed E-state index contributed by atoms with van der Waals surface area (Å²) in [5, 5.41) is 13.2. The summed E-state index contributed by atoms with van der Waals surface area (Å²) in [4.78, 5) is 8.92. The lowest BCUT2D eigenvalue weighted by molar-refractivity contribution is 0.472. The number of benzene rings is 2. The number of phenolic OH excluding ortho intramolecular Hbond substituents is 1. The van der Waals surface area contributed by atoms with E-state index in [4.69, 9.17) is 4.99 Å². The fourth-order valence-electron chi connectivity index (χ4n) is 3.05. The zero-order valence-corrected chi connectivity index (χ0v) is 15.2. The van der Waals surface area contributed by atoms with Crippen LogP contribution in [0.15, 0.2) is 76.5 Å². The normalized spacial score (nSPS) is 19.1. The second-order valence-corrected chi connectivity index (χ2v) is 6.90. The van der Waals surface area contributed by atoms with Crippen molar-refractivity contribution < 1.29 is 9.50 Å². The third-order valence-electron chi connectivity index (χ3n) is 4.37. The molecule has 2 N–H and O–H groups in total. The lowest BCUT2D eigenvalue weighted by Gasteiger charge is -2.19. The molecule has 0 amide bonds. The highest BCUT2D eigenvalue weighted by atomic mass is 79.9. The minimum atomic E-state index is -0.271. The molecule has 0 saturated heterocycles. The molecule has 1 aromatic heterocycles. The number of pyridine rings is 1. The van der Waals surface area contributed by atoms with Crippen LogP contribution in [0.25, 0.3) is 0 Å². The molecule has 3 aromatic rings. The minimum absolute atomic E-state index is 0.0916. The van der Waals surface area contributed by atoms with Gasteiger partial charge in [0.25, 0.3) is 0 Å². The summed E-state index contributed by atoms with van der Waals surface area (Å²) in [6, 6.07) is 15.3. The topological polar surface area (TPSA) is 57.5 Å². The maximum Gasteiger partial charge on any atom is 0.129 e. The predicted octanol–water partition coefficient (Wildman–Crippen LogP) is 4.52. The van der Waals surface area contributed by atoms with E-state index in [1.165, 1.54) is 12.1 Å². The van der Waals surface area contributed by atoms with Crippen molar-refractivity contribution in [1.29, 1.82) is 0 Å². The van der Waals surface area contributed by atoms with Crippen LogP contribution in [-0.2, 0) is 0 Å². The molecule has 0 bridgehead atoms. The third kappa shape index (κ3) is 3.20. The van der Waals surface area contributed by atoms with E-state index in [0.29, 0.717) is 4.47 Å². The number of rotatable bonds is 3. The molecule has 0 aliphatic carbocycles. The SMILES string of the molecule is Oc1ccc(C2=NC(c3ccc(F)cc3)C(c3ccncc3)N2)cc1Br. The largest absolute Gasteiger partial charge is 0.507 e. The first kappa shape index (κ1) is 16.7. The number of amidine groups is 1. The van der Waals surface area contributed by atoms with Crippen molar-refractivity contribution in [3.05, 3.63) is 94.0 Å². The Labute approximate surface area is 158 Å². The Kier molecular flexibility index (Phi) is 4.42. The van der Waals surface area contributed by atoms with Crippen LogP contribution in [0.5, 0.6) is 5.75 Å². The highest BCUT2D eigenvalue weighted by Crippen LogP contribution is 2.37. The van der Waals surface area contributed by atoms with Crippen molar-refractivity contribution in [3.8, 4) is 5.75 Å². The van der Waals surface area contributed by atoms with E-state index in [0.717, 1.165) is 22.5 Å². The molecule has 4 nitrogen and oxygen atoms in total. The summed E-state index contributed by atoms with van der Waals surface area (Å²) in [5.74, 6) is 0.627. The number of phenols is 1. The predicted molar refractivity (Wildman–Crippen MR) is 102 cm³/mol. The van der Waals surface area contributed by atoms with E-state index in [2.05, 4.69) is 26.2 Å². The van der Waals surface area contributed by atoms with Gasteiger partial charge in [-0.25, -0.2) is 4.39 Å². The Morgan fingerprint density at radius 3 is 2.38 bits per heavy atom. The standard InChI is InChI=1S/C20H15BrFN3O/c21-16-11-14(3-6-17(16)26)20-24-18(12-1-4-15(22)5-2-12)19(25-20)13-7-9-23-10-8-13/h1-11,18-19,26H,(H,24,25). The van der Waals surface area contributed by atoms with E-state index < -0.39 is 0 Å². The molecule has 6 heteroatoms. The first-order valence-electron chi connectivity index (χ1n) is 8.10. The van der Waals surface area contributed by atoms with Crippen molar-refractivity contribution in [2.24, 2.45) is 4.99 Å². The van der Waals surface area contributed by atoms with Crippen LogP contribution < -0.4 is 5.32 Å². The van der Waals surface area contributed by atoms with Gasteiger partial charge in [-0.15, -0.1) is 0 Å². The summed E-state index contributed by atoms with van der Waals surface area (Å²) in [6.07, 6.45) is 3.49. The minimum Gasteiger partial charge on any atom is -0.507 e. The molecule has 1 aliphatic rings. The van der Waals surface area contributed by atoms with E-state index >= 15 is 0 Å². The molecule has 4 rings (SSSR count). The van der Waals surface area contributed by atoms with Crippen LogP contribution >= 0.6 is 15.9 Å². The first-order chi connectivity index (χ1) is 12.6. The van der Waals surface area contributed by atoms with Gasteiger partial charge in [0.1, 0.15) is 23.4 Å². The quantitative estimate of drug-likeness (QED) is 0.665.